The van der Waals surface area contributed by atoms with Crippen molar-refractivity contribution in [1.29, 1.82) is 0 Å². The number of allylic oxidation sites excluding steroid dienone is 1. The minimum atomic E-state index is -0.898. The number of hydrogen-bond donors (Lipinski definition) is 0. The maximum absolute atomic E-state index is 14.4. The highest BCUT2D eigenvalue weighted by molar-refractivity contribution is 7.07. The van der Waals surface area contributed by atoms with E-state index < -0.39 is 12.0 Å². The van der Waals surface area contributed by atoms with Gasteiger partial charge in [0.15, 0.2) is 16.3 Å². The highest BCUT2D eigenvalue weighted by Crippen LogP contribution is 2.41. The van der Waals surface area contributed by atoms with Gasteiger partial charge in [-0.2, -0.15) is 0 Å². The summed E-state index contributed by atoms with van der Waals surface area (Å²) in [5, 5.41) is 1.88. The molecule has 226 valence electrons. The van der Waals surface area contributed by atoms with Gasteiger partial charge in [0.25, 0.3) is 5.56 Å². The number of terminal acetylenes is 1. The Balaban J connectivity index is 1.78. The number of carbonyl (C=O) groups is 1. The molecule has 1 aliphatic rings. The van der Waals surface area contributed by atoms with Crippen molar-refractivity contribution in [1.82, 2.24) is 4.57 Å². The average Bonchev–Trinajstić information content (AvgIpc) is 3.34. The van der Waals surface area contributed by atoms with Crippen LogP contribution >= 0.6 is 11.3 Å². The summed E-state index contributed by atoms with van der Waals surface area (Å²) < 4.78 is 30.0. The lowest BCUT2D eigenvalue weighted by molar-refractivity contribution is -0.140. The van der Waals surface area contributed by atoms with Crippen molar-refractivity contribution in [3.63, 3.8) is 0 Å². The van der Waals surface area contributed by atoms with Gasteiger partial charge in [0.2, 0.25) is 0 Å². The summed E-state index contributed by atoms with van der Waals surface area (Å²) in [7, 11) is 3.06. The topological polar surface area (TPSA) is 97.6 Å². The Morgan fingerprint density at radius 3 is 2.64 bits per heavy atom. The molecule has 0 N–H and O–H groups in total. The van der Waals surface area contributed by atoms with Crippen molar-refractivity contribution < 1.29 is 28.5 Å². The van der Waals surface area contributed by atoms with Crippen LogP contribution in [0.1, 0.15) is 31.0 Å². The summed E-state index contributed by atoms with van der Waals surface area (Å²) in [6.07, 6.45) is 7.27. The van der Waals surface area contributed by atoms with E-state index in [-0.39, 0.29) is 31.0 Å². The standard InChI is InChI=1S/C34H32N2O7S/c1-6-17-42-26-16-15-22-11-8-9-12-23(22)25(26)20-28-32(37)36-30(24-13-10-14-27(40-5)31(24)41-7-2)29(21(3)35-34(36)44-28)33(38)43-19-18-39-4/h1,8-16,20,30H,7,17-19H2,2-5H3/b28-20+/t30-/m1/s1. The number of hydrogen-bond acceptors (Lipinski definition) is 9. The van der Waals surface area contributed by atoms with Crippen molar-refractivity contribution in [3.05, 3.63) is 96.7 Å². The number of nitrogens with zero attached hydrogens (tertiary/aromatic N) is 2. The second kappa shape index (κ2) is 13.6. The van der Waals surface area contributed by atoms with Gasteiger partial charge in [-0.15, -0.1) is 6.42 Å². The number of rotatable bonds is 11. The van der Waals surface area contributed by atoms with Crippen LogP contribution in [0.4, 0.5) is 0 Å². The molecule has 0 unspecified atom stereocenters. The molecule has 0 radical (unpaired) electrons. The number of aromatic nitrogens is 1. The zero-order chi connectivity index (χ0) is 31.2. The third kappa shape index (κ3) is 5.84. The summed E-state index contributed by atoms with van der Waals surface area (Å²) in [4.78, 5) is 33.1. The van der Waals surface area contributed by atoms with E-state index in [2.05, 4.69) is 5.92 Å². The van der Waals surface area contributed by atoms with Crippen LogP contribution in [-0.2, 0) is 14.3 Å². The second-order valence-corrected chi connectivity index (χ2v) is 10.7. The van der Waals surface area contributed by atoms with Gasteiger partial charge in [0, 0.05) is 18.2 Å². The molecule has 0 spiro atoms. The third-order valence-corrected chi connectivity index (χ3v) is 8.07. The Kier molecular flexibility index (Phi) is 9.48. The zero-order valence-corrected chi connectivity index (χ0v) is 25.7. The van der Waals surface area contributed by atoms with Gasteiger partial charge in [-0.25, -0.2) is 9.79 Å². The number of esters is 1. The van der Waals surface area contributed by atoms with Crippen molar-refractivity contribution in [2.75, 3.05) is 40.6 Å². The maximum atomic E-state index is 14.4. The molecule has 0 saturated heterocycles. The number of thiazole rings is 1. The largest absolute Gasteiger partial charge is 0.493 e. The summed E-state index contributed by atoms with van der Waals surface area (Å²) in [5.41, 5.74) is 1.59. The van der Waals surface area contributed by atoms with E-state index >= 15 is 0 Å². The van der Waals surface area contributed by atoms with Gasteiger partial charge in [0.1, 0.15) is 25.0 Å². The number of benzene rings is 3. The van der Waals surface area contributed by atoms with E-state index in [0.29, 0.717) is 50.0 Å². The number of ether oxygens (including phenoxy) is 5. The quantitative estimate of drug-likeness (QED) is 0.144. The molecule has 10 heteroatoms. The summed E-state index contributed by atoms with van der Waals surface area (Å²) in [5.74, 6) is 3.34. The Bertz CT molecular complexity index is 1970. The van der Waals surface area contributed by atoms with Gasteiger partial charge in [-0.3, -0.25) is 9.36 Å². The molecular formula is C34H32N2O7S. The molecule has 0 fully saturated rings. The van der Waals surface area contributed by atoms with E-state index in [0.717, 1.165) is 10.8 Å². The highest BCUT2D eigenvalue weighted by atomic mass is 32.1. The summed E-state index contributed by atoms with van der Waals surface area (Å²) >= 11 is 1.22. The zero-order valence-electron chi connectivity index (χ0n) is 24.9. The first-order chi connectivity index (χ1) is 21.4. The smallest absolute Gasteiger partial charge is 0.338 e. The molecule has 0 saturated carbocycles. The highest BCUT2D eigenvalue weighted by Gasteiger charge is 2.36. The van der Waals surface area contributed by atoms with Crippen LogP contribution in [0.2, 0.25) is 0 Å². The number of carbonyl (C=O) groups excluding carboxylic acids is 1. The molecule has 5 rings (SSSR count). The molecule has 1 aliphatic heterocycles. The van der Waals surface area contributed by atoms with Crippen molar-refractivity contribution in [3.8, 4) is 29.6 Å². The molecule has 2 heterocycles. The lowest BCUT2D eigenvalue weighted by Crippen LogP contribution is -2.40. The Labute approximate surface area is 258 Å². The summed E-state index contributed by atoms with van der Waals surface area (Å²) in [6, 6.07) is 16.1. The first-order valence-electron chi connectivity index (χ1n) is 14.0. The second-order valence-electron chi connectivity index (χ2n) is 9.71. The van der Waals surface area contributed by atoms with Crippen LogP contribution in [0.5, 0.6) is 17.2 Å². The van der Waals surface area contributed by atoms with E-state index in [1.807, 2.05) is 49.4 Å². The first-order valence-corrected chi connectivity index (χ1v) is 14.8. The Hall–Kier alpha value is -4.85. The van der Waals surface area contributed by atoms with Gasteiger partial charge in [0.05, 0.1) is 36.1 Å². The van der Waals surface area contributed by atoms with Gasteiger partial charge in [-0.05, 0) is 42.8 Å². The van der Waals surface area contributed by atoms with Crippen LogP contribution in [0.25, 0.3) is 16.8 Å². The van der Waals surface area contributed by atoms with Gasteiger partial charge in [-0.1, -0.05) is 59.7 Å². The van der Waals surface area contributed by atoms with Crippen LogP contribution < -0.4 is 29.1 Å². The first kappa shape index (κ1) is 30.6. The van der Waals surface area contributed by atoms with Crippen molar-refractivity contribution in [2.24, 2.45) is 4.99 Å². The normalized spacial score (nSPS) is 14.5. The van der Waals surface area contributed by atoms with Crippen LogP contribution in [-0.4, -0.2) is 51.2 Å². The molecular weight excluding hydrogens is 580 g/mol. The molecule has 0 bridgehead atoms. The minimum absolute atomic E-state index is 0.0429. The van der Waals surface area contributed by atoms with E-state index in [1.165, 1.54) is 30.1 Å². The predicted molar refractivity (Wildman–Crippen MR) is 169 cm³/mol. The number of para-hydroxylation sites is 1. The van der Waals surface area contributed by atoms with Crippen LogP contribution in [0.15, 0.2) is 75.7 Å². The van der Waals surface area contributed by atoms with Crippen molar-refractivity contribution >= 4 is 34.2 Å². The molecule has 0 aliphatic carbocycles. The fraction of sp³-hybridized carbons (Fsp3) is 0.265. The number of fused-ring (bicyclic) bond motifs is 2. The maximum Gasteiger partial charge on any atom is 0.338 e. The van der Waals surface area contributed by atoms with Gasteiger partial charge >= 0.3 is 5.97 Å². The Morgan fingerprint density at radius 2 is 1.89 bits per heavy atom. The van der Waals surface area contributed by atoms with Crippen molar-refractivity contribution in [2.45, 2.75) is 19.9 Å². The fourth-order valence-electron chi connectivity index (χ4n) is 5.18. The molecule has 4 aromatic rings. The Morgan fingerprint density at radius 1 is 1.07 bits per heavy atom. The third-order valence-electron chi connectivity index (χ3n) is 7.09. The monoisotopic (exact) mass is 612 g/mol. The predicted octanol–water partition coefficient (Wildman–Crippen LogP) is 4.00. The molecule has 3 aromatic carbocycles. The van der Waals surface area contributed by atoms with Gasteiger partial charge < -0.3 is 23.7 Å². The van der Waals surface area contributed by atoms with Crippen LogP contribution in [0, 0.1) is 12.3 Å². The SMILES string of the molecule is C#CCOc1ccc2ccccc2c1/C=c1/sc2n(c1=O)[C@H](c1cccc(OC)c1OCC)C(C(=O)OCCOC)=C(C)N=2. The van der Waals surface area contributed by atoms with E-state index in [9.17, 15) is 9.59 Å². The molecule has 0 amide bonds. The van der Waals surface area contributed by atoms with E-state index in [1.54, 1.807) is 25.1 Å². The fourth-order valence-corrected chi connectivity index (χ4v) is 6.21. The van der Waals surface area contributed by atoms with E-state index in [4.69, 9.17) is 35.1 Å². The molecule has 1 atom stereocenters. The average molecular weight is 613 g/mol. The van der Waals surface area contributed by atoms with Crippen LogP contribution in [0.3, 0.4) is 0 Å². The molecule has 1 aromatic heterocycles. The lowest BCUT2D eigenvalue weighted by atomic mass is 9.94. The minimum Gasteiger partial charge on any atom is -0.493 e. The lowest BCUT2D eigenvalue weighted by Gasteiger charge is -2.27. The molecule has 44 heavy (non-hydrogen) atoms. The summed E-state index contributed by atoms with van der Waals surface area (Å²) in [6.45, 7) is 4.26. The number of methoxy groups -OCH3 is 2. The molecule has 9 nitrogen and oxygen atoms in total.